The van der Waals surface area contributed by atoms with Crippen molar-refractivity contribution in [2.24, 2.45) is 4.99 Å². The second kappa shape index (κ2) is 7.43. The lowest BCUT2D eigenvalue weighted by atomic mass is 10.1. The summed E-state index contributed by atoms with van der Waals surface area (Å²) in [5.41, 5.74) is -0.277. The molecule has 1 amide bonds. The lowest BCUT2D eigenvalue weighted by Crippen LogP contribution is -2.25. The zero-order chi connectivity index (χ0) is 19.5. The van der Waals surface area contributed by atoms with Crippen molar-refractivity contribution >= 4 is 17.8 Å². The van der Waals surface area contributed by atoms with Gasteiger partial charge in [0.1, 0.15) is 11.3 Å². The van der Waals surface area contributed by atoms with Gasteiger partial charge in [0.2, 0.25) is 0 Å². The van der Waals surface area contributed by atoms with Gasteiger partial charge in [-0.25, -0.2) is 9.59 Å². The van der Waals surface area contributed by atoms with Crippen LogP contribution in [0.2, 0.25) is 0 Å². The van der Waals surface area contributed by atoms with E-state index in [4.69, 9.17) is 18.9 Å². The zero-order valence-electron chi connectivity index (χ0n) is 15.3. The number of rotatable bonds is 3. The van der Waals surface area contributed by atoms with Crippen LogP contribution in [0.5, 0.6) is 11.5 Å². The van der Waals surface area contributed by atoms with E-state index in [1.807, 2.05) is 0 Å². The van der Waals surface area contributed by atoms with Crippen LogP contribution in [0, 0.1) is 0 Å². The fourth-order valence-corrected chi connectivity index (χ4v) is 2.12. The average Bonchev–Trinajstić information content (AvgIpc) is 2.53. The van der Waals surface area contributed by atoms with Crippen LogP contribution in [0.15, 0.2) is 47.9 Å². The smallest absolute Gasteiger partial charge is 0.434 e. The minimum atomic E-state index is -0.877. The number of carbonyl (C=O) groups excluding carboxylic acids is 2. The fraction of sp³-hybridized carbons (Fsp3) is 0.316. The third-order valence-corrected chi connectivity index (χ3v) is 3.23. The van der Waals surface area contributed by atoms with Crippen molar-refractivity contribution in [3.63, 3.8) is 0 Å². The standard InChI is InChI=1S/C19H21NO6/c1-11-12(2)25-16-13(8-7-9-15(16)24-11)10-14(17(21)23-6)20-18(22)26-19(3,4)5/h7-9H,1-2,10H2,3-6H3. The first-order valence-corrected chi connectivity index (χ1v) is 7.85. The van der Waals surface area contributed by atoms with Crippen LogP contribution in [0.3, 0.4) is 0 Å². The molecule has 1 aliphatic rings. The predicted molar refractivity (Wildman–Crippen MR) is 95.4 cm³/mol. The summed E-state index contributed by atoms with van der Waals surface area (Å²) in [6.07, 6.45) is -0.893. The highest BCUT2D eigenvalue weighted by Gasteiger charge is 2.25. The van der Waals surface area contributed by atoms with Crippen LogP contribution < -0.4 is 9.47 Å². The van der Waals surface area contributed by atoms with E-state index in [1.165, 1.54) is 7.11 Å². The molecule has 26 heavy (non-hydrogen) atoms. The van der Waals surface area contributed by atoms with E-state index >= 15 is 0 Å². The molecule has 0 unspecified atom stereocenters. The Bertz CT molecular complexity index is 801. The monoisotopic (exact) mass is 359 g/mol. The molecule has 138 valence electrons. The van der Waals surface area contributed by atoms with Crippen molar-refractivity contribution in [2.45, 2.75) is 32.8 Å². The molecule has 1 aliphatic heterocycles. The molecule has 1 aromatic carbocycles. The number of methoxy groups -OCH3 is 1. The summed E-state index contributed by atoms with van der Waals surface area (Å²) in [6.45, 7) is 12.5. The summed E-state index contributed by atoms with van der Waals surface area (Å²) in [5, 5.41) is 0. The van der Waals surface area contributed by atoms with Gasteiger partial charge < -0.3 is 18.9 Å². The van der Waals surface area contributed by atoms with Crippen LogP contribution >= 0.6 is 0 Å². The number of ether oxygens (including phenoxy) is 4. The van der Waals surface area contributed by atoms with Gasteiger partial charge in [-0.05, 0) is 26.8 Å². The summed E-state index contributed by atoms with van der Waals surface area (Å²) in [6, 6.07) is 5.14. The van der Waals surface area contributed by atoms with Crippen LogP contribution in [0.1, 0.15) is 26.3 Å². The summed E-state index contributed by atoms with van der Waals surface area (Å²) in [5.74, 6) is 0.624. The second-order valence-corrected chi connectivity index (χ2v) is 6.50. The van der Waals surface area contributed by atoms with Crippen LogP contribution in [0.4, 0.5) is 4.79 Å². The van der Waals surface area contributed by atoms with Crippen LogP contribution in [-0.2, 0) is 20.7 Å². The van der Waals surface area contributed by atoms with Gasteiger partial charge in [0.05, 0.1) is 7.11 Å². The topological polar surface area (TPSA) is 83.4 Å². The maximum absolute atomic E-state index is 12.0. The van der Waals surface area contributed by atoms with Gasteiger partial charge in [-0.15, -0.1) is 0 Å². The van der Waals surface area contributed by atoms with Crippen molar-refractivity contribution in [3.05, 3.63) is 48.4 Å². The Kier molecular flexibility index (Phi) is 5.50. The number of benzene rings is 1. The van der Waals surface area contributed by atoms with Crippen molar-refractivity contribution in [1.29, 1.82) is 0 Å². The third-order valence-electron chi connectivity index (χ3n) is 3.23. The third kappa shape index (κ3) is 4.72. The van der Waals surface area contributed by atoms with Crippen molar-refractivity contribution in [2.75, 3.05) is 7.11 Å². The van der Waals surface area contributed by atoms with E-state index in [0.717, 1.165) is 0 Å². The fourth-order valence-electron chi connectivity index (χ4n) is 2.12. The SMILES string of the molecule is C=C1Oc2cccc(CC(=NC(=O)OC(C)(C)C)C(=O)OC)c2OC1=C. The molecule has 0 N–H and O–H groups in total. The molecule has 0 aromatic heterocycles. The number of aliphatic imine (C=N–C) groups is 1. The van der Waals surface area contributed by atoms with Crippen LogP contribution in [-0.4, -0.2) is 30.5 Å². The Morgan fingerprint density at radius 3 is 2.42 bits per heavy atom. The van der Waals surface area contributed by atoms with Gasteiger partial charge in [0.15, 0.2) is 23.0 Å². The van der Waals surface area contributed by atoms with Crippen LogP contribution in [0.25, 0.3) is 0 Å². The molecule has 7 nitrogen and oxygen atoms in total. The summed E-state index contributed by atoms with van der Waals surface area (Å²) >= 11 is 0. The number of esters is 1. The number of amides is 1. The first kappa shape index (κ1) is 19.2. The molecular weight excluding hydrogens is 338 g/mol. The number of hydrogen-bond donors (Lipinski definition) is 0. The first-order chi connectivity index (χ1) is 12.1. The average molecular weight is 359 g/mol. The Hall–Kier alpha value is -3.09. The largest absolute Gasteiger partial charge is 0.465 e. The maximum Gasteiger partial charge on any atom is 0.434 e. The highest BCUT2D eigenvalue weighted by molar-refractivity contribution is 6.38. The normalized spacial score (nSPS) is 14.1. The molecule has 0 radical (unpaired) electrons. The molecule has 0 saturated carbocycles. The Morgan fingerprint density at radius 1 is 1.15 bits per heavy atom. The molecule has 0 saturated heterocycles. The van der Waals surface area contributed by atoms with Gasteiger partial charge in [-0.1, -0.05) is 25.3 Å². The molecule has 0 atom stereocenters. The van der Waals surface area contributed by atoms with Crippen molar-refractivity contribution in [1.82, 2.24) is 0 Å². The number of fused-ring (bicyclic) bond motifs is 1. The molecule has 0 bridgehead atoms. The minimum absolute atomic E-state index is 0.0157. The number of carbonyl (C=O) groups is 2. The maximum atomic E-state index is 12.0. The highest BCUT2D eigenvalue weighted by atomic mass is 16.6. The summed E-state index contributed by atoms with van der Waals surface area (Å²) < 4.78 is 21.0. The number of nitrogens with zero attached hydrogens (tertiary/aromatic N) is 1. The quantitative estimate of drug-likeness (QED) is 0.606. The van der Waals surface area contributed by atoms with Gasteiger partial charge in [0, 0.05) is 12.0 Å². The van der Waals surface area contributed by atoms with Gasteiger partial charge in [-0.2, -0.15) is 4.99 Å². The van der Waals surface area contributed by atoms with Gasteiger partial charge in [-0.3, -0.25) is 0 Å². The van der Waals surface area contributed by atoms with E-state index in [-0.39, 0.29) is 17.9 Å². The van der Waals surface area contributed by atoms with E-state index in [9.17, 15) is 9.59 Å². The lowest BCUT2D eigenvalue weighted by Gasteiger charge is -2.23. The molecule has 1 aromatic rings. The molecule has 1 heterocycles. The number of para-hydroxylation sites is 1. The van der Waals surface area contributed by atoms with Gasteiger partial charge >= 0.3 is 12.1 Å². The summed E-state index contributed by atoms with van der Waals surface area (Å²) in [4.78, 5) is 27.8. The zero-order valence-corrected chi connectivity index (χ0v) is 15.3. The molecule has 7 heteroatoms. The van der Waals surface area contributed by atoms with E-state index in [2.05, 4.69) is 18.2 Å². The van der Waals surface area contributed by atoms with E-state index in [1.54, 1.807) is 39.0 Å². The van der Waals surface area contributed by atoms with E-state index < -0.39 is 17.7 Å². The molecular formula is C19H21NO6. The second-order valence-electron chi connectivity index (χ2n) is 6.50. The van der Waals surface area contributed by atoms with Crippen molar-refractivity contribution in [3.8, 4) is 11.5 Å². The molecule has 0 spiro atoms. The highest BCUT2D eigenvalue weighted by Crippen LogP contribution is 2.39. The number of hydrogen-bond acceptors (Lipinski definition) is 6. The minimum Gasteiger partial charge on any atom is -0.465 e. The van der Waals surface area contributed by atoms with Crippen molar-refractivity contribution < 1.29 is 28.5 Å². The Balaban J connectivity index is 2.34. The lowest BCUT2D eigenvalue weighted by molar-refractivity contribution is -0.132. The van der Waals surface area contributed by atoms with E-state index in [0.29, 0.717) is 22.8 Å². The summed E-state index contributed by atoms with van der Waals surface area (Å²) in [7, 11) is 1.21. The Labute approximate surface area is 151 Å². The van der Waals surface area contributed by atoms with Gasteiger partial charge in [0.25, 0.3) is 0 Å². The molecule has 2 rings (SSSR count). The predicted octanol–water partition coefficient (Wildman–Crippen LogP) is 3.58. The first-order valence-electron chi connectivity index (χ1n) is 7.85. The Morgan fingerprint density at radius 2 is 1.81 bits per heavy atom. The molecule has 0 aliphatic carbocycles. The molecule has 0 fully saturated rings.